The fourth-order valence-corrected chi connectivity index (χ4v) is 2.94. The Bertz CT molecular complexity index is 264. The van der Waals surface area contributed by atoms with E-state index in [2.05, 4.69) is 6.92 Å². The van der Waals surface area contributed by atoms with Gasteiger partial charge in [0.2, 0.25) is 0 Å². The molecule has 0 aromatic carbocycles. The molecule has 1 rings (SSSR count). The van der Waals surface area contributed by atoms with E-state index in [-0.39, 0.29) is 6.10 Å². The number of unbranched alkanes of at least 4 members (excludes halogenated alkanes) is 1. The Kier molecular flexibility index (Phi) is 5.06. The molecule has 1 saturated carbocycles. The Labute approximate surface area is 93.3 Å². The molecule has 0 aliphatic heterocycles. The van der Waals surface area contributed by atoms with Gasteiger partial charge in [0.25, 0.3) is 10.1 Å². The lowest BCUT2D eigenvalue weighted by Gasteiger charge is -2.27. The van der Waals surface area contributed by atoms with E-state index >= 15 is 0 Å². The van der Waals surface area contributed by atoms with Crippen molar-refractivity contribution < 1.29 is 12.6 Å². The van der Waals surface area contributed by atoms with Crippen LogP contribution >= 0.6 is 0 Å². The average molecular weight is 234 g/mol. The van der Waals surface area contributed by atoms with Crippen LogP contribution in [0.15, 0.2) is 0 Å². The molecule has 15 heavy (non-hydrogen) atoms. The summed E-state index contributed by atoms with van der Waals surface area (Å²) in [7, 11) is -3.26. The van der Waals surface area contributed by atoms with Crippen molar-refractivity contribution >= 4 is 10.1 Å². The van der Waals surface area contributed by atoms with Crippen LogP contribution in [0, 0.1) is 5.92 Å². The molecule has 1 aliphatic rings. The topological polar surface area (TPSA) is 43.4 Å². The monoisotopic (exact) mass is 234 g/mol. The van der Waals surface area contributed by atoms with E-state index in [0.717, 1.165) is 37.9 Å². The van der Waals surface area contributed by atoms with Crippen LogP contribution in [0.4, 0.5) is 0 Å². The fourth-order valence-electron chi connectivity index (χ4n) is 2.26. The minimum atomic E-state index is -3.26. The molecule has 0 atom stereocenters. The highest BCUT2D eigenvalue weighted by Crippen LogP contribution is 2.30. The van der Waals surface area contributed by atoms with Gasteiger partial charge in [0.1, 0.15) is 0 Å². The number of rotatable bonds is 5. The molecule has 0 aromatic rings. The van der Waals surface area contributed by atoms with Gasteiger partial charge < -0.3 is 0 Å². The van der Waals surface area contributed by atoms with Gasteiger partial charge in [-0.25, -0.2) is 0 Å². The first-order chi connectivity index (χ1) is 7.01. The van der Waals surface area contributed by atoms with Crippen LogP contribution in [-0.4, -0.2) is 20.8 Å². The van der Waals surface area contributed by atoms with E-state index in [1.54, 1.807) is 0 Å². The molecule has 0 aromatic heterocycles. The van der Waals surface area contributed by atoms with E-state index in [1.165, 1.54) is 19.3 Å². The zero-order valence-electron chi connectivity index (χ0n) is 9.74. The van der Waals surface area contributed by atoms with Gasteiger partial charge in [0, 0.05) is 0 Å². The highest BCUT2D eigenvalue weighted by molar-refractivity contribution is 7.86. The zero-order chi connectivity index (χ0) is 11.3. The Morgan fingerprint density at radius 2 is 1.80 bits per heavy atom. The molecule has 90 valence electrons. The zero-order valence-corrected chi connectivity index (χ0v) is 10.6. The normalized spacial score (nSPS) is 27.9. The summed E-state index contributed by atoms with van der Waals surface area (Å²) >= 11 is 0. The first-order valence-electron chi connectivity index (χ1n) is 5.89. The van der Waals surface area contributed by atoms with Crippen molar-refractivity contribution in [3.63, 3.8) is 0 Å². The van der Waals surface area contributed by atoms with Gasteiger partial charge >= 0.3 is 0 Å². The first kappa shape index (κ1) is 13.0. The highest BCUT2D eigenvalue weighted by atomic mass is 32.2. The molecule has 0 amide bonds. The second-order valence-electron chi connectivity index (χ2n) is 4.59. The molecular weight excluding hydrogens is 212 g/mol. The van der Waals surface area contributed by atoms with Crippen LogP contribution in [0.1, 0.15) is 51.9 Å². The van der Waals surface area contributed by atoms with Crippen molar-refractivity contribution in [2.24, 2.45) is 5.92 Å². The predicted molar refractivity (Wildman–Crippen MR) is 61.2 cm³/mol. The van der Waals surface area contributed by atoms with E-state index in [4.69, 9.17) is 4.18 Å². The number of hydrogen-bond acceptors (Lipinski definition) is 3. The minimum Gasteiger partial charge on any atom is -0.267 e. The molecule has 0 bridgehead atoms. The quantitative estimate of drug-likeness (QED) is 0.687. The summed E-state index contributed by atoms with van der Waals surface area (Å²) in [6.07, 6.45) is 8.97. The smallest absolute Gasteiger partial charge is 0.264 e. The van der Waals surface area contributed by atoms with Gasteiger partial charge in [0.15, 0.2) is 0 Å². The molecule has 0 spiro atoms. The van der Waals surface area contributed by atoms with E-state index < -0.39 is 10.1 Å². The number of hydrogen-bond donors (Lipinski definition) is 0. The summed E-state index contributed by atoms with van der Waals surface area (Å²) in [5.74, 6) is 0.796. The molecule has 4 heteroatoms. The molecule has 0 saturated heterocycles. The highest BCUT2D eigenvalue weighted by Gasteiger charge is 2.23. The molecular formula is C11H22O3S. The summed E-state index contributed by atoms with van der Waals surface area (Å²) in [4.78, 5) is 0. The molecule has 0 radical (unpaired) electrons. The van der Waals surface area contributed by atoms with E-state index in [9.17, 15) is 8.42 Å². The molecule has 1 fully saturated rings. The molecule has 1 aliphatic carbocycles. The van der Waals surface area contributed by atoms with Crippen LogP contribution in [0.5, 0.6) is 0 Å². The van der Waals surface area contributed by atoms with Crippen molar-refractivity contribution in [1.82, 2.24) is 0 Å². The van der Waals surface area contributed by atoms with Crippen LogP contribution in [-0.2, 0) is 14.3 Å². The third-order valence-corrected chi connectivity index (χ3v) is 3.69. The second-order valence-corrected chi connectivity index (χ2v) is 6.19. The molecule has 3 nitrogen and oxygen atoms in total. The average Bonchev–Trinajstić information content (AvgIpc) is 2.14. The van der Waals surface area contributed by atoms with Crippen molar-refractivity contribution in [2.75, 3.05) is 6.26 Å². The summed E-state index contributed by atoms with van der Waals surface area (Å²) in [6.45, 7) is 2.21. The van der Waals surface area contributed by atoms with Gasteiger partial charge in [-0.1, -0.05) is 26.2 Å². The van der Waals surface area contributed by atoms with Crippen LogP contribution in [0.3, 0.4) is 0 Å². The maximum absolute atomic E-state index is 10.9. The molecule has 0 unspecified atom stereocenters. The Morgan fingerprint density at radius 1 is 1.20 bits per heavy atom. The lowest BCUT2D eigenvalue weighted by Crippen LogP contribution is -2.24. The second kappa shape index (κ2) is 5.85. The van der Waals surface area contributed by atoms with Gasteiger partial charge in [-0.15, -0.1) is 0 Å². The largest absolute Gasteiger partial charge is 0.267 e. The standard InChI is InChI=1S/C11H22O3S/c1-3-4-5-10-6-8-11(9-7-10)14-15(2,12)13/h10-11H,3-9H2,1-2H3. The SMILES string of the molecule is CCCCC1CCC(OS(C)(=O)=O)CC1. The lowest BCUT2D eigenvalue weighted by molar-refractivity contribution is 0.135. The Balaban J connectivity index is 2.24. The van der Waals surface area contributed by atoms with Crippen molar-refractivity contribution in [2.45, 2.75) is 58.0 Å². The third-order valence-electron chi connectivity index (χ3n) is 3.07. The van der Waals surface area contributed by atoms with E-state index in [0.29, 0.717) is 0 Å². The van der Waals surface area contributed by atoms with Gasteiger partial charge in [0.05, 0.1) is 12.4 Å². The van der Waals surface area contributed by atoms with Gasteiger partial charge in [-0.2, -0.15) is 8.42 Å². The van der Waals surface area contributed by atoms with Crippen molar-refractivity contribution in [3.8, 4) is 0 Å². The maximum atomic E-state index is 10.9. The predicted octanol–water partition coefficient (Wildman–Crippen LogP) is 2.71. The van der Waals surface area contributed by atoms with Gasteiger partial charge in [-0.3, -0.25) is 4.18 Å². The third kappa shape index (κ3) is 5.52. The summed E-state index contributed by atoms with van der Waals surface area (Å²) in [6, 6.07) is 0. The Morgan fingerprint density at radius 3 is 2.27 bits per heavy atom. The first-order valence-corrected chi connectivity index (χ1v) is 7.71. The lowest BCUT2D eigenvalue weighted by atomic mass is 9.84. The minimum absolute atomic E-state index is 0.0575. The van der Waals surface area contributed by atoms with Crippen molar-refractivity contribution in [3.05, 3.63) is 0 Å². The van der Waals surface area contributed by atoms with E-state index in [1.807, 2.05) is 0 Å². The summed E-state index contributed by atoms with van der Waals surface area (Å²) in [5, 5.41) is 0. The van der Waals surface area contributed by atoms with Crippen LogP contribution < -0.4 is 0 Å². The van der Waals surface area contributed by atoms with Crippen LogP contribution in [0.25, 0.3) is 0 Å². The Hall–Kier alpha value is -0.0900. The summed E-state index contributed by atoms with van der Waals surface area (Å²) < 4.78 is 26.9. The molecule has 0 N–H and O–H groups in total. The molecule has 0 heterocycles. The maximum Gasteiger partial charge on any atom is 0.264 e. The summed E-state index contributed by atoms with van der Waals surface area (Å²) in [5.41, 5.74) is 0. The van der Waals surface area contributed by atoms with Crippen molar-refractivity contribution in [1.29, 1.82) is 0 Å². The fraction of sp³-hybridized carbons (Fsp3) is 1.00. The van der Waals surface area contributed by atoms with Gasteiger partial charge in [-0.05, 0) is 31.6 Å². The van der Waals surface area contributed by atoms with Crippen LogP contribution in [0.2, 0.25) is 0 Å².